The number of rotatable bonds is 32. The number of aryl methyl sites for hydroxylation is 6. The smallest absolute Gasteiger partial charge is 0.136 e. The van der Waals surface area contributed by atoms with Crippen LogP contribution in [-0.2, 0) is 25.7 Å². The molecule has 0 saturated heterocycles. The molecule has 0 aliphatic carbocycles. The van der Waals surface area contributed by atoms with Gasteiger partial charge in [-0.2, -0.15) is 0 Å². The number of unbranched alkanes of at least 4 members (excludes halogenated alkanes) is 20. The van der Waals surface area contributed by atoms with E-state index in [-0.39, 0.29) is 0 Å². The number of thiophene rings is 1. The van der Waals surface area contributed by atoms with E-state index in [0.29, 0.717) is 0 Å². The second-order valence-electron chi connectivity index (χ2n) is 26.0. The molecule has 2 heteroatoms. The zero-order valence-electron chi connectivity index (χ0n) is 53.5. The van der Waals surface area contributed by atoms with Crippen molar-refractivity contribution in [1.29, 1.82) is 0 Å². The third-order valence-corrected chi connectivity index (χ3v) is 20.3. The Hall–Kier alpha value is -6.48. The molecule has 2 aromatic heterocycles. The van der Waals surface area contributed by atoms with Crippen molar-refractivity contribution in [1.82, 2.24) is 0 Å². The molecule has 0 N–H and O–H groups in total. The number of hydrogen-bond donors (Lipinski definition) is 0. The van der Waals surface area contributed by atoms with E-state index in [2.05, 4.69) is 187 Å². The third kappa shape index (κ3) is 14.7. The molecule has 0 bridgehead atoms. The van der Waals surface area contributed by atoms with Crippen molar-refractivity contribution >= 4 is 75.0 Å². The maximum atomic E-state index is 6.45. The van der Waals surface area contributed by atoms with Gasteiger partial charge in [0.15, 0.2) is 0 Å². The highest BCUT2D eigenvalue weighted by Crippen LogP contribution is 2.44. The Morgan fingerprint density at radius 3 is 1.37 bits per heavy atom. The predicted octanol–water partition coefficient (Wildman–Crippen LogP) is 27.2. The molecule has 9 aromatic carbocycles. The summed E-state index contributed by atoms with van der Waals surface area (Å²) in [6, 6.07) is 58.2. The van der Waals surface area contributed by atoms with E-state index in [9.17, 15) is 0 Å². The summed E-state index contributed by atoms with van der Waals surface area (Å²) >= 11 is 1.89. The lowest BCUT2D eigenvalue weighted by molar-refractivity contribution is 0.605. The van der Waals surface area contributed by atoms with Gasteiger partial charge in [-0.25, -0.2) is 0 Å². The zero-order valence-corrected chi connectivity index (χ0v) is 54.3. The van der Waals surface area contributed by atoms with Crippen LogP contribution in [0, 0.1) is 13.8 Å². The van der Waals surface area contributed by atoms with Crippen LogP contribution in [0.1, 0.15) is 215 Å². The van der Waals surface area contributed by atoms with E-state index < -0.39 is 0 Å². The van der Waals surface area contributed by atoms with E-state index in [4.69, 9.17) is 4.42 Å². The first-order chi connectivity index (χ1) is 42.3. The highest BCUT2D eigenvalue weighted by molar-refractivity contribution is 7.25. The van der Waals surface area contributed by atoms with Crippen molar-refractivity contribution in [3.8, 4) is 44.5 Å². The molecule has 0 atom stereocenters. The number of fused-ring (bicyclic) bond motifs is 8. The van der Waals surface area contributed by atoms with Crippen LogP contribution in [0.15, 0.2) is 150 Å². The lowest BCUT2D eigenvalue weighted by Crippen LogP contribution is -2.01. The molecule has 0 amide bonds. The minimum atomic E-state index is 0.955. The van der Waals surface area contributed by atoms with Gasteiger partial charge in [-0.1, -0.05) is 241 Å². The summed E-state index contributed by atoms with van der Waals surface area (Å²) in [5.74, 6) is 0. The Kier molecular flexibility index (Phi) is 21.3. The summed E-state index contributed by atoms with van der Waals surface area (Å²) in [7, 11) is 0. The van der Waals surface area contributed by atoms with Crippen LogP contribution in [0.3, 0.4) is 0 Å². The van der Waals surface area contributed by atoms with Gasteiger partial charge in [0.2, 0.25) is 0 Å². The lowest BCUT2D eigenvalue weighted by Gasteiger charge is -2.21. The molecule has 2 heterocycles. The van der Waals surface area contributed by atoms with Gasteiger partial charge in [0, 0.05) is 30.9 Å². The quantitative estimate of drug-likeness (QED) is 0.0303. The normalized spacial score (nSPS) is 12.0. The molecule has 0 unspecified atom stereocenters. The summed E-state index contributed by atoms with van der Waals surface area (Å²) in [4.78, 5) is 0. The topological polar surface area (TPSA) is 13.1 Å². The van der Waals surface area contributed by atoms with E-state index in [1.54, 1.807) is 0 Å². The van der Waals surface area contributed by atoms with Crippen LogP contribution in [0.5, 0.6) is 0 Å². The first-order valence-corrected chi connectivity index (χ1v) is 35.3. The third-order valence-electron chi connectivity index (χ3n) is 19.2. The Bertz CT molecular complexity index is 4050. The highest BCUT2D eigenvalue weighted by Gasteiger charge is 2.20. The number of para-hydroxylation sites is 1. The minimum absolute atomic E-state index is 0.955. The Morgan fingerprint density at radius 2 is 0.767 bits per heavy atom. The molecular weight excluding hydrogens is 1060 g/mol. The van der Waals surface area contributed by atoms with Gasteiger partial charge in [0.25, 0.3) is 0 Å². The molecule has 0 aliphatic rings. The average Bonchev–Trinajstić information content (AvgIpc) is 1.67. The average molecular weight is 1160 g/mol. The SMILES string of the molecule is CCCCCCCCc1cc(-c2cc(-c3ccc4sc5cc6oc7ccccc7c6cc5c4c3)cc(-c3cc(CCCCCCCC)c(-c4ccc5cc6cc(C)ccc6cc5c4)cc3CCCCCCCC)c2)c(CCCCCCCC)cc1C. The lowest BCUT2D eigenvalue weighted by atomic mass is 9.83. The highest BCUT2D eigenvalue weighted by atomic mass is 32.1. The van der Waals surface area contributed by atoms with Gasteiger partial charge >= 0.3 is 0 Å². The van der Waals surface area contributed by atoms with Crippen molar-refractivity contribution in [2.45, 2.75) is 221 Å². The van der Waals surface area contributed by atoms with E-state index in [0.717, 1.165) is 36.8 Å². The van der Waals surface area contributed by atoms with Crippen LogP contribution >= 0.6 is 11.3 Å². The molecule has 446 valence electrons. The Morgan fingerprint density at radius 1 is 0.291 bits per heavy atom. The van der Waals surface area contributed by atoms with Crippen molar-refractivity contribution in [2.75, 3.05) is 0 Å². The summed E-state index contributed by atoms with van der Waals surface area (Å²) in [5.41, 5.74) is 21.7. The fourth-order valence-electron chi connectivity index (χ4n) is 14.1. The van der Waals surface area contributed by atoms with Crippen LogP contribution < -0.4 is 0 Å². The molecule has 86 heavy (non-hydrogen) atoms. The standard InChI is InChI=1S/C84H98OS/c1-7-11-15-19-23-27-33-61-53-76(65(46-60(61)6)34-28-24-20-16-12-8-2)72-50-71(64-43-44-83-79(54-64)80-57-78-74-37-31-32-38-81(74)85-82(78)58-84(80)86-83)51-73(52-72)77-56-66(35-29-25-21-17-13-9-3)75(55-67(77)36-30-26-22-18-14-10-4)68-42-41-63-47-69-45-59(5)39-40-62(69)48-70(63)49-68/h31-32,37-58H,7-30,33-36H2,1-6H3. The Labute approximate surface area is 521 Å². The maximum Gasteiger partial charge on any atom is 0.136 e. The minimum Gasteiger partial charge on any atom is -0.456 e. The van der Waals surface area contributed by atoms with Gasteiger partial charge in [-0.3, -0.25) is 0 Å². The molecule has 11 rings (SSSR count). The van der Waals surface area contributed by atoms with Crippen LogP contribution in [0.2, 0.25) is 0 Å². The fraction of sp³-hybridized carbons (Fsp3) is 0.405. The van der Waals surface area contributed by atoms with Crippen molar-refractivity contribution < 1.29 is 4.42 Å². The Balaban J connectivity index is 1.09. The van der Waals surface area contributed by atoms with Crippen LogP contribution in [-0.4, -0.2) is 0 Å². The monoisotopic (exact) mass is 1150 g/mol. The van der Waals surface area contributed by atoms with Gasteiger partial charge < -0.3 is 4.42 Å². The summed E-state index contributed by atoms with van der Waals surface area (Å²) in [5, 5.41) is 10.3. The number of benzene rings is 9. The maximum absolute atomic E-state index is 6.45. The second-order valence-corrected chi connectivity index (χ2v) is 27.1. The second kappa shape index (κ2) is 29.9. The molecule has 0 fully saturated rings. The molecule has 0 saturated carbocycles. The number of hydrogen-bond acceptors (Lipinski definition) is 2. The van der Waals surface area contributed by atoms with E-state index in [1.807, 2.05) is 11.3 Å². The summed E-state index contributed by atoms with van der Waals surface area (Å²) < 4.78 is 9.06. The summed E-state index contributed by atoms with van der Waals surface area (Å²) in [6.07, 6.45) is 35.6. The molecule has 0 spiro atoms. The van der Waals surface area contributed by atoms with Crippen LogP contribution in [0.4, 0.5) is 0 Å². The first kappa shape index (κ1) is 61.2. The van der Waals surface area contributed by atoms with E-state index in [1.165, 1.54) is 284 Å². The molecule has 0 aliphatic heterocycles. The molecule has 11 aromatic rings. The molecule has 0 radical (unpaired) electrons. The largest absolute Gasteiger partial charge is 0.456 e. The fourth-order valence-corrected chi connectivity index (χ4v) is 15.2. The van der Waals surface area contributed by atoms with Crippen molar-refractivity contribution in [2.24, 2.45) is 0 Å². The van der Waals surface area contributed by atoms with Crippen molar-refractivity contribution in [3.05, 3.63) is 179 Å². The van der Waals surface area contributed by atoms with Gasteiger partial charge in [-0.15, -0.1) is 11.3 Å². The predicted molar refractivity (Wildman–Crippen MR) is 381 cm³/mol. The van der Waals surface area contributed by atoms with Gasteiger partial charge in [-0.05, 0) is 226 Å². The van der Waals surface area contributed by atoms with Crippen LogP contribution in [0.25, 0.3) is 108 Å². The molecular formula is C84H98OS. The van der Waals surface area contributed by atoms with Crippen molar-refractivity contribution in [3.63, 3.8) is 0 Å². The number of furan rings is 1. The summed E-state index contributed by atoms with van der Waals surface area (Å²) in [6.45, 7) is 13.9. The van der Waals surface area contributed by atoms with Gasteiger partial charge in [0.1, 0.15) is 11.2 Å². The zero-order chi connectivity index (χ0) is 59.2. The first-order valence-electron chi connectivity index (χ1n) is 34.5. The van der Waals surface area contributed by atoms with E-state index >= 15 is 0 Å². The van der Waals surface area contributed by atoms with Gasteiger partial charge in [0.05, 0.1) is 0 Å². The molecule has 1 nitrogen and oxygen atoms in total.